The van der Waals surface area contributed by atoms with Gasteiger partial charge in [-0.05, 0) is 34.1 Å². The average molecular weight is 229 g/mol. The molecule has 0 spiro atoms. The summed E-state index contributed by atoms with van der Waals surface area (Å²) in [4.78, 5) is 22.5. The van der Waals surface area contributed by atoms with Gasteiger partial charge in [0.2, 0.25) is 0 Å². The number of amides is 1. The van der Waals surface area contributed by atoms with Gasteiger partial charge in [-0.1, -0.05) is 13.8 Å². The van der Waals surface area contributed by atoms with Crippen LogP contribution in [-0.2, 0) is 9.53 Å². The normalized spacial score (nSPS) is 12.1. The molecule has 4 heteroatoms. The van der Waals surface area contributed by atoms with Crippen LogP contribution in [0.5, 0.6) is 0 Å². The van der Waals surface area contributed by atoms with E-state index in [1.165, 1.54) is 0 Å². The van der Waals surface area contributed by atoms with Gasteiger partial charge in [0.05, 0.1) is 0 Å². The summed E-state index contributed by atoms with van der Waals surface area (Å²) in [6.45, 7) is 11.2. The van der Waals surface area contributed by atoms with Crippen molar-refractivity contribution in [2.24, 2.45) is 5.41 Å². The van der Waals surface area contributed by atoms with E-state index in [0.29, 0.717) is 13.0 Å². The summed E-state index contributed by atoms with van der Waals surface area (Å²) in [5, 5.41) is 2.64. The summed E-state index contributed by atoms with van der Waals surface area (Å²) in [7, 11) is 0. The Morgan fingerprint density at radius 1 is 1.12 bits per heavy atom. The maximum atomic E-state index is 11.3. The lowest BCUT2D eigenvalue weighted by atomic mass is 9.85. The van der Waals surface area contributed by atoms with Gasteiger partial charge in [0.1, 0.15) is 11.4 Å². The number of Topliss-reactive ketones (excluding diaryl/α,β-unsaturated/α-hetero) is 1. The van der Waals surface area contributed by atoms with Gasteiger partial charge in [-0.25, -0.2) is 4.79 Å². The topological polar surface area (TPSA) is 55.4 Å². The molecule has 0 atom stereocenters. The molecule has 0 fully saturated rings. The molecule has 0 aliphatic heterocycles. The number of carbonyl (C=O) groups excluding carboxylic acids is 2. The van der Waals surface area contributed by atoms with Crippen molar-refractivity contribution >= 4 is 11.9 Å². The maximum absolute atomic E-state index is 11.3. The summed E-state index contributed by atoms with van der Waals surface area (Å²) in [5.41, 5.74) is -0.880. The fraction of sp³-hybridized carbons (Fsp3) is 0.833. The highest BCUT2D eigenvalue weighted by atomic mass is 16.6. The Kier molecular flexibility index (Phi) is 4.97. The van der Waals surface area contributed by atoms with Gasteiger partial charge in [-0.3, -0.25) is 4.79 Å². The van der Waals surface area contributed by atoms with Crippen molar-refractivity contribution < 1.29 is 14.3 Å². The number of hydrogen-bond acceptors (Lipinski definition) is 3. The van der Waals surface area contributed by atoms with Crippen LogP contribution in [0.25, 0.3) is 0 Å². The van der Waals surface area contributed by atoms with Gasteiger partial charge in [0.15, 0.2) is 0 Å². The number of ketones is 1. The van der Waals surface area contributed by atoms with Crippen molar-refractivity contribution in [3.05, 3.63) is 0 Å². The second-order valence-corrected chi connectivity index (χ2v) is 5.62. The molecule has 4 nitrogen and oxygen atoms in total. The van der Waals surface area contributed by atoms with Crippen LogP contribution >= 0.6 is 0 Å². The number of nitrogens with one attached hydrogen (secondary N) is 1. The Hall–Kier alpha value is -1.06. The maximum Gasteiger partial charge on any atom is 0.407 e. The van der Waals surface area contributed by atoms with Crippen molar-refractivity contribution in [2.45, 2.75) is 53.6 Å². The smallest absolute Gasteiger partial charge is 0.407 e. The van der Waals surface area contributed by atoms with E-state index in [1.54, 1.807) is 6.92 Å². The third-order valence-electron chi connectivity index (χ3n) is 2.37. The van der Waals surface area contributed by atoms with Crippen LogP contribution in [0.15, 0.2) is 0 Å². The van der Waals surface area contributed by atoms with Crippen molar-refractivity contribution in [1.29, 1.82) is 0 Å². The lowest BCUT2D eigenvalue weighted by Crippen LogP contribution is -2.35. The molecule has 1 N–H and O–H groups in total. The summed E-state index contributed by atoms with van der Waals surface area (Å²) in [6.07, 6.45) is 0.175. The fourth-order valence-electron chi connectivity index (χ4n) is 0.967. The fourth-order valence-corrected chi connectivity index (χ4v) is 0.967. The van der Waals surface area contributed by atoms with Crippen LogP contribution in [0.4, 0.5) is 4.79 Å². The van der Waals surface area contributed by atoms with Crippen LogP contribution in [0.2, 0.25) is 0 Å². The molecule has 0 aromatic heterocycles. The molecule has 0 radical (unpaired) electrons. The Labute approximate surface area is 97.7 Å². The summed E-state index contributed by atoms with van der Waals surface area (Å²) in [5.74, 6) is 0.124. The first-order chi connectivity index (χ1) is 7.04. The lowest BCUT2D eigenvalue weighted by molar-refractivity contribution is -0.125. The summed E-state index contributed by atoms with van der Waals surface area (Å²) < 4.78 is 5.08. The molecule has 0 aromatic carbocycles. The van der Waals surface area contributed by atoms with Gasteiger partial charge in [0, 0.05) is 12.0 Å². The SMILES string of the molecule is CC(=O)C(C)(C)CCNC(=O)OC(C)(C)C. The van der Waals surface area contributed by atoms with E-state index in [1.807, 2.05) is 34.6 Å². The van der Waals surface area contributed by atoms with Crippen molar-refractivity contribution in [2.75, 3.05) is 6.54 Å². The molecule has 1 amide bonds. The molecule has 0 unspecified atom stereocenters. The van der Waals surface area contributed by atoms with Crippen LogP contribution < -0.4 is 5.32 Å². The number of carbonyl (C=O) groups is 2. The minimum atomic E-state index is -0.486. The summed E-state index contributed by atoms with van der Waals surface area (Å²) in [6, 6.07) is 0. The standard InChI is InChI=1S/C12H23NO3/c1-9(14)12(5,6)7-8-13-10(15)16-11(2,3)4/h7-8H2,1-6H3,(H,13,15). The van der Waals surface area contributed by atoms with Crippen molar-refractivity contribution in [1.82, 2.24) is 5.32 Å². The van der Waals surface area contributed by atoms with E-state index in [9.17, 15) is 9.59 Å². The van der Waals surface area contributed by atoms with Gasteiger partial charge in [-0.15, -0.1) is 0 Å². The number of hydrogen-bond donors (Lipinski definition) is 1. The van der Waals surface area contributed by atoms with Crippen molar-refractivity contribution in [3.8, 4) is 0 Å². The third-order valence-corrected chi connectivity index (χ3v) is 2.37. The predicted molar refractivity (Wildman–Crippen MR) is 63.3 cm³/mol. The quantitative estimate of drug-likeness (QED) is 0.806. The van der Waals surface area contributed by atoms with Crippen molar-refractivity contribution in [3.63, 3.8) is 0 Å². The molecule has 0 rings (SSSR count). The molecule has 0 aromatic rings. The van der Waals surface area contributed by atoms with Gasteiger partial charge >= 0.3 is 6.09 Å². The van der Waals surface area contributed by atoms with Crippen LogP contribution in [0.1, 0.15) is 48.0 Å². The van der Waals surface area contributed by atoms with Crippen LogP contribution in [0.3, 0.4) is 0 Å². The average Bonchev–Trinajstić information content (AvgIpc) is 1.99. The van der Waals surface area contributed by atoms with E-state index >= 15 is 0 Å². The second kappa shape index (κ2) is 5.32. The minimum Gasteiger partial charge on any atom is -0.444 e. The largest absolute Gasteiger partial charge is 0.444 e. The first-order valence-electron chi connectivity index (χ1n) is 5.52. The molecule has 0 aliphatic rings. The number of ether oxygens (including phenoxy) is 1. The number of rotatable bonds is 4. The monoisotopic (exact) mass is 229 g/mol. The Balaban J connectivity index is 3.92. The van der Waals surface area contributed by atoms with E-state index in [-0.39, 0.29) is 5.78 Å². The summed E-state index contributed by atoms with van der Waals surface area (Å²) >= 11 is 0. The first-order valence-corrected chi connectivity index (χ1v) is 5.52. The third kappa shape index (κ3) is 6.43. The molecule has 0 bridgehead atoms. The molecule has 0 aliphatic carbocycles. The molecule has 0 saturated heterocycles. The van der Waals surface area contributed by atoms with Crippen LogP contribution in [0, 0.1) is 5.41 Å². The zero-order valence-corrected chi connectivity index (χ0v) is 11.1. The Bertz CT molecular complexity index is 264. The predicted octanol–water partition coefficient (Wildman–Crippen LogP) is 2.52. The zero-order valence-electron chi connectivity index (χ0n) is 11.1. The minimum absolute atomic E-state index is 0.124. The first kappa shape index (κ1) is 14.9. The molecule has 94 valence electrons. The second-order valence-electron chi connectivity index (χ2n) is 5.62. The molecule has 16 heavy (non-hydrogen) atoms. The molecule has 0 heterocycles. The van der Waals surface area contributed by atoms with Gasteiger partial charge in [-0.2, -0.15) is 0 Å². The number of alkyl carbamates (subject to hydrolysis) is 1. The molecule has 0 saturated carbocycles. The zero-order chi connectivity index (χ0) is 13.0. The van der Waals surface area contributed by atoms with E-state index in [0.717, 1.165) is 0 Å². The highest BCUT2D eigenvalue weighted by Crippen LogP contribution is 2.20. The highest BCUT2D eigenvalue weighted by Gasteiger charge is 2.23. The van der Waals surface area contributed by atoms with Crippen LogP contribution in [-0.4, -0.2) is 24.0 Å². The molecular weight excluding hydrogens is 206 g/mol. The van der Waals surface area contributed by atoms with E-state index in [4.69, 9.17) is 4.74 Å². The lowest BCUT2D eigenvalue weighted by Gasteiger charge is -2.23. The highest BCUT2D eigenvalue weighted by molar-refractivity contribution is 5.81. The van der Waals surface area contributed by atoms with Gasteiger partial charge in [0.25, 0.3) is 0 Å². The Morgan fingerprint density at radius 3 is 2.00 bits per heavy atom. The van der Waals surface area contributed by atoms with E-state index < -0.39 is 17.1 Å². The molecular formula is C12H23NO3. The van der Waals surface area contributed by atoms with Gasteiger partial charge < -0.3 is 10.1 Å². The van der Waals surface area contributed by atoms with E-state index in [2.05, 4.69) is 5.32 Å². The Morgan fingerprint density at radius 2 is 1.62 bits per heavy atom.